The monoisotopic (exact) mass is 171 g/mol. The molecule has 0 spiro atoms. The molecule has 62 valence electrons. The second-order valence-electron chi connectivity index (χ2n) is 2.87. The summed E-state index contributed by atoms with van der Waals surface area (Å²) >= 11 is 0. The van der Waals surface area contributed by atoms with Crippen molar-refractivity contribution in [1.29, 1.82) is 0 Å². The van der Waals surface area contributed by atoms with Crippen LogP contribution in [0.15, 0.2) is 34.5 Å². The first-order chi connectivity index (χ1) is 6.34. The van der Waals surface area contributed by atoms with Crippen LogP contribution in [-0.4, -0.2) is 10.1 Å². The maximum absolute atomic E-state index is 9.50. The van der Waals surface area contributed by atoms with Crippen molar-refractivity contribution in [2.45, 2.75) is 0 Å². The lowest BCUT2D eigenvalue weighted by molar-refractivity contribution is 0.481. The van der Waals surface area contributed by atoms with Gasteiger partial charge in [0.05, 0.1) is 5.52 Å². The number of nitrogens with zero attached hydrogens (tertiary/aromatic N) is 3. The van der Waals surface area contributed by atoms with Crippen LogP contribution >= 0.6 is 0 Å². The Kier molecular flexibility index (Phi) is 1.02. The molecule has 1 aliphatic rings. The summed E-state index contributed by atoms with van der Waals surface area (Å²) in [5, 5.41) is 17.7. The fourth-order valence-corrected chi connectivity index (χ4v) is 1.36. The summed E-state index contributed by atoms with van der Waals surface area (Å²) in [7, 11) is 0. The number of aromatic nitrogens is 1. The van der Waals surface area contributed by atoms with E-state index in [1.807, 2.05) is 6.07 Å². The molecule has 0 atom stereocenters. The number of fused-ring (bicyclic) bond motifs is 2. The van der Waals surface area contributed by atoms with Gasteiger partial charge in [0.2, 0.25) is 5.82 Å². The van der Waals surface area contributed by atoms with Crippen LogP contribution in [0.25, 0.3) is 10.9 Å². The van der Waals surface area contributed by atoms with Gasteiger partial charge in [0.25, 0.3) is 0 Å². The van der Waals surface area contributed by atoms with Gasteiger partial charge in [0, 0.05) is 5.39 Å². The van der Waals surface area contributed by atoms with Crippen LogP contribution in [0, 0.1) is 0 Å². The number of rotatable bonds is 0. The second-order valence-corrected chi connectivity index (χ2v) is 2.87. The van der Waals surface area contributed by atoms with Crippen LogP contribution in [-0.2, 0) is 0 Å². The zero-order valence-electron chi connectivity index (χ0n) is 6.60. The average Bonchev–Trinajstić information content (AvgIpc) is 2.09. The molecule has 0 unspecified atom stereocenters. The highest BCUT2D eigenvalue weighted by Crippen LogP contribution is 2.39. The molecule has 1 aromatic heterocycles. The number of hydrogen-bond acceptors (Lipinski definition) is 4. The van der Waals surface area contributed by atoms with Crippen LogP contribution in [0.2, 0.25) is 0 Å². The van der Waals surface area contributed by atoms with Gasteiger partial charge in [-0.1, -0.05) is 6.07 Å². The number of benzene rings is 1. The van der Waals surface area contributed by atoms with Gasteiger partial charge in [-0.05, 0) is 18.2 Å². The Morgan fingerprint density at radius 2 is 2.08 bits per heavy atom. The van der Waals surface area contributed by atoms with E-state index in [-0.39, 0.29) is 5.75 Å². The number of phenolic OH excluding ortho intramolecular Hbond substituents is 1. The molecular formula is C9H5N3O. The first kappa shape index (κ1) is 6.54. The minimum absolute atomic E-state index is 0.231. The quantitative estimate of drug-likeness (QED) is 0.565. The maximum Gasteiger partial charge on any atom is 0.202 e. The van der Waals surface area contributed by atoms with Crippen molar-refractivity contribution in [3.63, 3.8) is 0 Å². The van der Waals surface area contributed by atoms with Gasteiger partial charge in [0.15, 0.2) is 0 Å². The summed E-state index contributed by atoms with van der Waals surface area (Å²) in [6.07, 6.45) is 0. The highest BCUT2D eigenvalue weighted by molar-refractivity contribution is 5.90. The summed E-state index contributed by atoms with van der Waals surface area (Å²) in [5.74, 6) is 0.882. The molecule has 2 aromatic rings. The van der Waals surface area contributed by atoms with Crippen molar-refractivity contribution < 1.29 is 5.11 Å². The Bertz CT molecular complexity index is 534. The van der Waals surface area contributed by atoms with E-state index in [2.05, 4.69) is 15.2 Å². The van der Waals surface area contributed by atoms with E-state index in [9.17, 15) is 5.11 Å². The second kappa shape index (κ2) is 2.04. The number of phenols is 1. The van der Waals surface area contributed by atoms with Gasteiger partial charge in [-0.25, -0.2) is 4.98 Å². The molecule has 1 N–H and O–H groups in total. The molecule has 0 aliphatic carbocycles. The third-order valence-corrected chi connectivity index (χ3v) is 2.05. The lowest BCUT2D eigenvalue weighted by Gasteiger charge is -2.07. The molecule has 1 aliphatic heterocycles. The molecule has 0 saturated carbocycles. The minimum Gasteiger partial charge on any atom is -0.507 e. The first-order valence-corrected chi connectivity index (χ1v) is 3.89. The van der Waals surface area contributed by atoms with E-state index in [4.69, 9.17) is 0 Å². The fraction of sp³-hybridized carbons (Fsp3) is 0. The molecule has 4 heteroatoms. The van der Waals surface area contributed by atoms with Gasteiger partial charge in [-0.3, -0.25) is 0 Å². The molecular weight excluding hydrogens is 166 g/mol. The molecule has 0 fully saturated rings. The summed E-state index contributed by atoms with van der Waals surface area (Å²) in [4.78, 5) is 4.20. The first-order valence-electron chi connectivity index (χ1n) is 3.89. The van der Waals surface area contributed by atoms with Crippen molar-refractivity contribution >= 4 is 22.4 Å². The topological polar surface area (TPSA) is 57.8 Å². The number of pyridine rings is 1. The van der Waals surface area contributed by atoms with Crippen LogP contribution in [0.1, 0.15) is 0 Å². The third kappa shape index (κ3) is 0.767. The predicted molar refractivity (Wildman–Crippen MR) is 47.6 cm³/mol. The Labute approximate surface area is 73.6 Å². The molecule has 0 bridgehead atoms. The molecule has 0 amide bonds. The van der Waals surface area contributed by atoms with E-state index in [0.29, 0.717) is 5.82 Å². The summed E-state index contributed by atoms with van der Waals surface area (Å²) in [6.45, 7) is 0. The lowest BCUT2D eigenvalue weighted by Crippen LogP contribution is -1.85. The largest absolute Gasteiger partial charge is 0.507 e. The predicted octanol–water partition coefficient (Wildman–Crippen LogP) is 2.67. The van der Waals surface area contributed by atoms with Gasteiger partial charge < -0.3 is 5.11 Å². The van der Waals surface area contributed by atoms with Gasteiger partial charge in [-0.2, -0.15) is 0 Å². The molecule has 4 nitrogen and oxygen atoms in total. The lowest BCUT2D eigenvalue weighted by atomic mass is 10.2. The van der Waals surface area contributed by atoms with Crippen molar-refractivity contribution in [3.8, 4) is 5.75 Å². The van der Waals surface area contributed by atoms with E-state index in [0.717, 1.165) is 16.6 Å². The van der Waals surface area contributed by atoms with Crippen molar-refractivity contribution in [3.05, 3.63) is 24.3 Å². The van der Waals surface area contributed by atoms with Crippen molar-refractivity contribution in [2.75, 3.05) is 0 Å². The van der Waals surface area contributed by atoms with E-state index < -0.39 is 0 Å². The van der Waals surface area contributed by atoms with Gasteiger partial charge in [-0.15, -0.1) is 10.2 Å². The fourth-order valence-electron chi connectivity index (χ4n) is 1.36. The molecule has 1 aromatic carbocycles. The smallest absolute Gasteiger partial charge is 0.202 e. The van der Waals surface area contributed by atoms with E-state index in [1.165, 1.54) is 0 Å². The highest BCUT2D eigenvalue weighted by Gasteiger charge is 2.13. The van der Waals surface area contributed by atoms with Crippen LogP contribution in [0.5, 0.6) is 5.75 Å². The Morgan fingerprint density at radius 3 is 2.85 bits per heavy atom. The summed E-state index contributed by atoms with van der Waals surface area (Å²) in [5.41, 5.74) is 1.49. The standard InChI is InChI=1S/C9H5N3O/c13-8-3-1-2-6-5(8)4-7-9(10-6)12-11-7/h1-4,13H. The highest BCUT2D eigenvalue weighted by atomic mass is 16.3. The molecule has 0 saturated heterocycles. The molecule has 3 rings (SSSR count). The van der Waals surface area contributed by atoms with Crippen LogP contribution in [0.3, 0.4) is 0 Å². The van der Waals surface area contributed by atoms with Crippen molar-refractivity contribution in [1.82, 2.24) is 4.98 Å². The zero-order chi connectivity index (χ0) is 8.84. The van der Waals surface area contributed by atoms with E-state index >= 15 is 0 Å². The van der Waals surface area contributed by atoms with Gasteiger partial charge >= 0.3 is 0 Å². The summed E-state index contributed by atoms with van der Waals surface area (Å²) in [6, 6.07) is 7.02. The van der Waals surface area contributed by atoms with Crippen molar-refractivity contribution in [2.24, 2.45) is 10.2 Å². The molecule has 2 heterocycles. The Balaban J connectivity index is 2.47. The SMILES string of the molecule is Oc1cccc2nc3c(cc12)N=N3. The van der Waals surface area contributed by atoms with Crippen LogP contribution in [0.4, 0.5) is 11.5 Å². The zero-order valence-corrected chi connectivity index (χ0v) is 6.60. The Morgan fingerprint density at radius 1 is 1.15 bits per heavy atom. The summed E-state index contributed by atoms with van der Waals surface area (Å²) < 4.78 is 0. The third-order valence-electron chi connectivity index (χ3n) is 2.05. The van der Waals surface area contributed by atoms with Gasteiger partial charge in [0.1, 0.15) is 11.4 Å². The maximum atomic E-state index is 9.50. The minimum atomic E-state index is 0.231. The Hall–Kier alpha value is -1.97. The van der Waals surface area contributed by atoms with E-state index in [1.54, 1.807) is 18.2 Å². The molecule has 13 heavy (non-hydrogen) atoms. The number of azo groups is 1. The number of hydrogen-bond donors (Lipinski definition) is 1. The molecule has 0 radical (unpaired) electrons. The normalized spacial score (nSPS) is 12.6. The average molecular weight is 171 g/mol. The van der Waals surface area contributed by atoms with Crippen LogP contribution < -0.4 is 0 Å². The number of aromatic hydroxyl groups is 1.